The number of aliphatic hydroxyl groups excluding tert-OH is 1. The zero-order valence-electron chi connectivity index (χ0n) is 12.3. The molecule has 4 nitrogen and oxygen atoms in total. The Morgan fingerprint density at radius 3 is 2.41 bits per heavy atom. The largest absolute Gasteiger partial charge is 0.491 e. The van der Waals surface area contributed by atoms with Crippen LogP contribution in [0.2, 0.25) is 5.02 Å². The van der Waals surface area contributed by atoms with Crippen LogP contribution in [0.15, 0.2) is 48.5 Å². The lowest BCUT2D eigenvalue weighted by Gasteiger charge is -2.14. The van der Waals surface area contributed by atoms with E-state index in [-0.39, 0.29) is 12.4 Å². The molecule has 2 N–H and O–H groups in total. The van der Waals surface area contributed by atoms with Crippen LogP contribution in [0.5, 0.6) is 5.75 Å². The average molecular weight is 320 g/mol. The molecule has 0 heterocycles. The van der Waals surface area contributed by atoms with Gasteiger partial charge in [0.15, 0.2) is 5.78 Å². The molecule has 22 heavy (non-hydrogen) atoms. The van der Waals surface area contributed by atoms with Gasteiger partial charge in [0.05, 0.1) is 0 Å². The van der Waals surface area contributed by atoms with Crippen LogP contribution in [0.1, 0.15) is 17.3 Å². The highest BCUT2D eigenvalue weighted by molar-refractivity contribution is 6.30. The molecule has 0 radical (unpaired) electrons. The summed E-state index contributed by atoms with van der Waals surface area (Å²) in [5.74, 6) is 0.634. The van der Waals surface area contributed by atoms with E-state index in [1.165, 1.54) is 6.92 Å². The lowest BCUT2D eigenvalue weighted by Crippen LogP contribution is -2.26. The number of halogens is 1. The summed E-state index contributed by atoms with van der Waals surface area (Å²) in [7, 11) is 0. The van der Waals surface area contributed by atoms with E-state index < -0.39 is 6.10 Å². The van der Waals surface area contributed by atoms with Crippen molar-refractivity contribution < 1.29 is 14.6 Å². The van der Waals surface area contributed by atoms with Crippen molar-refractivity contribution in [2.75, 3.05) is 18.5 Å². The maximum atomic E-state index is 11.2. The number of anilines is 1. The number of ketones is 1. The van der Waals surface area contributed by atoms with E-state index in [9.17, 15) is 9.90 Å². The summed E-state index contributed by atoms with van der Waals surface area (Å²) in [6.07, 6.45) is -0.650. The van der Waals surface area contributed by atoms with Crippen LogP contribution in [0.25, 0.3) is 0 Å². The van der Waals surface area contributed by atoms with Crippen LogP contribution in [0.4, 0.5) is 5.69 Å². The Kier molecular flexibility index (Phi) is 5.81. The topological polar surface area (TPSA) is 58.6 Å². The second-order valence-electron chi connectivity index (χ2n) is 4.93. The van der Waals surface area contributed by atoms with Gasteiger partial charge in [0.2, 0.25) is 0 Å². The first kappa shape index (κ1) is 16.3. The third-order valence-electron chi connectivity index (χ3n) is 3.09. The first-order valence-corrected chi connectivity index (χ1v) is 7.33. The Balaban J connectivity index is 1.76. The Hall–Kier alpha value is -2.04. The first-order chi connectivity index (χ1) is 10.5. The quantitative estimate of drug-likeness (QED) is 0.768. The summed E-state index contributed by atoms with van der Waals surface area (Å²) >= 11 is 5.80. The molecule has 0 aliphatic carbocycles. The minimum Gasteiger partial charge on any atom is -0.491 e. The molecule has 0 bridgehead atoms. The molecule has 0 saturated heterocycles. The van der Waals surface area contributed by atoms with Crippen LogP contribution in [0.3, 0.4) is 0 Å². The molecular formula is C17H18ClNO3. The molecule has 2 rings (SSSR count). The lowest BCUT2D eigenvalue weighted by atomic mass is 10.1. The number of carbonyl (C=O) groups excluding carboxylic acids is 1. The molecule has 2 aromatic carbocycles. The maximum Gasteiger partial charge on any atom is 0.159 e. The van der Waals surface area contributed by atoms with Gasteiger partial charge < -0.3 is 15.2 Å². The van der Waals surface area contributed by atoms with Gasteiger partial charge in [-0.2, -0.15) is 0 Å². The van der Waals surface area contributed by atoms with Crippen molar-refractivity contribution in [3.8, 4) is 5.75 Å². The van der Waals surface area contributed by atoms with E-state index in [0.717, 1.165) is 5.69 Å². The van der Waals surface area contributed by atoms with Crippen LogP contribution in [-0.4, -0.2) is 30.1 Å². The summed E-state index contributed by atoms with van der Waals surface area (Å²) < 4.78 is 5.49. The monoisotopic (exact) mass is 319 g/mol. The maximum absolute atomic E-state index is 11.2. The molecule has 5 heteroatoms. The summed E-state index contributed by atoms with van der Waals surface area (Å²) in [6, 6.07) is 14.1. The molecule has 116 valence electrons. The molecular weight excluding hydrogens is 302 g/mol. The third kappa shape index (κ3) is 5.06. The van der Waals surface area contributed by atoms with Crippen LogP contribution < -0.4 is 10.1 Å². The first-order valence-electron chi connectivity index (χ1n) is 6.96. The van der Waals surface area contributed by atoms with Gasteiger partial charge in [0.25, 0.3) is 0 Å². The highest BCUT2D eigenvalue weighted by atomic mass is 35.5. The second kappa shape index (κ2) is 7.82. The second-order valence-corrected chi connectivity index (χ2v) is 5.37. The molecule has 0 aliphatic heterocycles. The van der Waals surface area contributed by atoms with Crippen molar-refractivity contribution in [1.82, 2.24) is 0 Å². The Labute approximate surface area is 134 Å². The van der Waals surface area contributed by atoms with Crippen molar-refractivity contribution in [3.63, 3.8) is 0 Å². The van der Waals surface area contributed by atoms with Crippen molar-refractivity contribution >= 4 is 23.1 Å². The van der Waals surface area contributed by atoms with Crippen LogP contribution >= 0.6 is 11.6 Å². The van der Waals surface area contributed by atoms with Crippen LogP contribution in [-0.2, 0) is 0 Å². The molecule has 0 fully saturated rings. The standard InChI is InChI=1S/C17H18ClNO3/c1-12(20)13-2-8-17(9-3-13)22-11-16(21)10-19-15-6-4-14(18)5-7-15/h2-9,16,19,21H,10-11H2,1H3. The predicted molar refractivity (Wildman–Crippen MR) is 87.9 cm³/mol. The zero-order chi connectivity index (χ0) is 15.9. The fourth-order valence-corrected chi connectivity index (χ4v) is 1.97. The summed E-state index contributed by atoms with van der Waals surface area (Å²) in [6.45, 7) is 2.05. The van der Waals surface area contributed by atoms with E-state index in [1.54, 1.807) is 36.4 Å². The normalized spacial score (nSPS) is 11.8. The van der Waals surface area contributed by atoms with Gasteiger partial charge in [-0.05, 0) is 55.5 Å². The van der Waals surface area contributed by atoms with E-state index in [1.807, 2.05) is 12.1 Å². The fourth-order valence-electron chi connectivity index (χ4n) is 1.84. The molecule has 0 aliphatic rings. The van der Waals surface area contributed by atoms with Gasteiger partial charge in [0.1, 0.15) is 18.5 Å². The lowest BCUT2D eigenvalue weighted by molar-refractivity contribution is 0.101. The molecule has 0 amide bonds. The number of Topliss-reactive ketones (excluding diaryl/α,β-unsaturated/α-hetero) is 1. The number of nitrogens with one attached hydrogen (secondary N) is 1. The van der Waals surface area contributed by atoms with Gasteiger partial charge in [-0.1, -0.05) is 11.6 Å². The van der Waals surface area contributed by atoms with E-state index >= 15 is 0 Å². The van der Waals surface area contributed by atoms with Gasteiger partial charge >= 0.3 is 0 Å². The van der Waals surface area contributed by atoms with E-state index in [2.05, 4.69) is 5.32 Å². The highest BCUT2D eigenvalue weighted by Crippen LogP contribution is 2.14. The number of rotatable bonds is 7. The van der Waals surface area contributed by atoms with Crippen molar-refractivity contribution in [2.24, 2.45) is 0 Å². The van der Waals surface area contributed by atoms with Crippen LogP contribution in [0, 0.1) is 0 Å². The number of hydrogen-bond acceptors (Lipinski definition) is 4. The third-order valence-corrected chi connectivity index (χ3v) is 3.34. The zero-order valence-corrected chi connectivity index (χ0v) is 13.0. The molecule has 2 aromatic rings. The Morgan fingerprint density at radius 2 is 1.82 bits per heavy atom. The smallest absolute Gasteiger partial charge is 0.159 e. The Morgan fingerprint density at radius 1 is 1.18 bits per heavy atom. The number of aliphatic hydroxyl groups is 1. The molecule has 0 saturated carbocycles. The SMILES string of the molecule is CC(=O)c1ccc(OCC(O)CNc2ccc(Cl)cc2)cc1. The molecule has 1 unspecified atom stereocenters. The van der Waals surface area contributed by atoms with Gasteiger partial charge in [-0.3, -0.25) is 4.79 Å². The average Bonchev–Trinajstić information content (AvgIpc) is 2.52. The summed E-state index contributed by atoms with van der Waals surface area (Å²) in [5.41, 5.74) is 1.52. The summed E-state index contributed by atoms with van der Waals surface area (Å²) in [4.78, 5) is 11.2. The number of benzene rings is 2. The molecule has 1 atom stereocenters. The molecule has 0 aromatic heterocycles. The summed E-state index contributed by atoms with van der Waals surface area (Å²) in [5, 5.41) is 13.7. The van der Waals surface area contributed by atoms with Crippen molar-refractivity contribution in [1.29, 1.82) is 0 Å². The van der Waals surface area contributed by atoms with E-state index in [4.69, 9.17) is 16.3 Å². The minimum atomic E-state index is -0.650. The van der Waals surface area contributed by atoms with Gasteiger partial charge in [-0.25, -0.2) is 0 Å². The van der Waals surface area contributed by atoms with Crippen molar-refractivity contribution in [3.05, 3.63) is 59.1 Å². The van der Waals surface area contributed by atoms with Gasteiger partial charge in [0, 0.05) is 22.8 Å². The number of carbonyl (C=O) groups is 1. The van der Waals surface area contributed by atoms with Gasteiger partial charge in [-0.15, -0.1) is 0 Å². The predicted octanol–water partition coefficient (Wildman–Crippen LogP) is 3.39. The number of hydrogen-bond donors (Lipinski definition) is 2. The minimum absolute atomic E-state index is 0.0127. The number of ether oxygens (including phenoxy) is 1. The van der Waals surface area contributed by atoms with E-state index in [0.29, 0.717) is 22.9 Å². The highest BCUT2D eigenvalue weighted by Gasteiger charge is 2.06. The Bertz CT molecular complexity index is 611. The fraction of sp³-hybridized carbons (Fsp3) is 0.235. The molecule has 0 spiro atoms. The van der Waals surface area contributed by atoms with Crippen molar-refractivity contribution in [2.45, 2.75) is 13.0 Å².